The van der Waals surface area contributed by atoms with Gasteiger partial charge in [0.15, 0.2) is 0 Å². The predicted molar refractivity (Wildman–Crippen MR) is 132 cm³/mol. The van der Waals surface area contributed by atoms with Gasteiger partial charge in [0.25, 0.3) is 5.91 Å². The molecule has 6 nitrogen and oxygen atoms in total. The van der Waals surface area contributed by atoms with Crippen LogP contribution in [0.15, 0.2) is 72.1 Å². The summed E-state index contributed by atoms with van der Waals surface area (Å²) in [6.07, 6.45) is 5.94. The number of carbonyl (C=O) groups excluding carboxylic acids is 1. The minimum absolute atomic E-state index is 0.0856. The molecule has 0 spiro atoms. The topological polar surface area (TPSA) is 61.6 Å². The molecule has 1 N–H and O–H groups in total. The predicted octanol–water partition coefficient (Wildman–Crippen LogP) is 4.08. The fourth-order valence-electron chi connectivity index (χ4n) is 5.02. The van der Waals surface area contributed by atoms with E-state index in [1.54, 1.807) is 4.68 Å². The van der Waals surface area contributed by atoms with Crippen molar-refractivity contribution in [3.8, 4) is 22.4 Å². The van der Waals surface area contributed by atoms with Crippen LogP contribution in [0, 0.1) is 0 Å². The van der Waals surface area contributed by atoms with Crippen LogP contribution in [-0.2, 0) is 7.05 Å². The summed E-state index contributed by atoms with van der Waals surface area (Å²) in [6.45, 7) is 2.99. The van der Waals surface area contributed by atoms with Gasteiger partial charge in [0.05, 0.1) is 5.69 Å². The molecule has 1 aliphatic heterocycles. The Labute approximate surface area is 200 Å². The summed E-state index contributed by atoms with van der Waals surface area (Å²) in [6, 6.07) is 18.3. The lowest BCUT2D eigenvalue weighted by atomic mass is 10.0. The van der Waals surface area contributed by atoms with Gasteiger partial charge in [0.2, 0.25) is 0 Å². The van der Waals surface area contributed by atoms with E-state index < -0.39 is 5.60 Å². The molecule has 3 aliphatic rings. The molecule has 2 heterocycles. The monoisotopic (exact) mass is 454 g/mol. The zero-order valence-corrected chi connectivity index (χ0v) is 19.6. The Morgan fingerprint density at radius 1 is 0.824 bits per heavy atom. The third kappa shape index (κ3) is 4.03. The highest BCUT2D eigenvalue weighted by Gasteiger charge is 2.49. The molecule has 174 valence electrons. The van der Waals surface area contributed by atoms with Crippen LogP contribution in [0.4, 0.5) is 0 Å². The first-order valence-electron chi connectivity index (χ1n) is 12.2. The third-order valence-corrected chi connectivity index (χ3v) is 7.24. The maximum Gasteiger partial charge on any atom is 0.253 e. The summed E-state index contributed by atoms with van der Waals surface area (Å²) in [5, 5.41) is 15.2. The number of aromatic nitrogens is 2. The van der Waals surface area contributed by atoms with E-state index in [0.29, 0.717) is 13.1 Å². The summed E-state index contributed by atoms with van der Waals surface area (Å²) in [5.41, 5.74) is 7.00. The van der Waals surface area contributed by atoms with Crippen molar-refractivity contribution in [1.29, 1.82) is 0 Å². The molecule has 1 saturated heterocycles. The number of aliphatic hydroxyl groups is 1. The zero-order valence-electron chi connectivity index (χ0n) is 19.6. The van der Waals surface area contributed by atoms with Gasteiger partial charge in [-0.2, -0.15) is 5.10 Å². The van der Waals surface area contributed by atoms with Crippen molar-refractivity contribution < 1.29 is 9.90 Å². The normalized spacial score (nSPS) is 18.7. The first-order valence-corrected chi connectivity index (χ1v) is 12.2. The first kappa shape index (κ1) is 21.2. The number of aryl methyl sites for hydroxylation is 1. The molecule has 1 amide bonds. The van der Waals surface area contributed by atoms with Crippen LogP contribution in [0.3, 0.4) is 0 Å². The van der Waals surface area contributed by atoms with Gasteiger partial charge in [-0.25, -0.2) is 0 Å². The lowest BCUT2D eigenvalue weighted by Crippen LogP contribution is -2.49. The molecule has 6 rings (SSSR count). The smallest absolute Gasteiger partial charge is 0.253 e. The second kappa shape index (κ2) is 8.13. The number of amides is 1. The van der Waals surface area contributed by atoms with Crippen molar-refractivity contribution in [3.63, 3.8) is 0 Å². The maximum absolute atomic E-state index is 13.1. The Bertz CT molecular complexity index is 1240. The minimum atomic E-state index is -0.580. The quantitative estimate of drug-likeness (QED) is 0.631. The van der Waals surface area contributed by atoms with E-state index in [-0.39, 0.29) is 5.91 Å². The molecule has 34 heavy (non-hydrogen) atoms. The number of nitrogens with zero attached hydrogens (tertiary/aromatic N) is 4. The average molecular weight is 455 g/mol. The van der Waals surface area contributed by atoms with E-state index in [1.165, 1.54) is 11.3 Å². The van der Waals surface area contributed by atoms with Gasteiger partial charge in [0, 0.05) is 56.2 Å². The maximum atomic E-state index is 13.1. The van der Waals surface area contributed by atoms with Gasteiger partial charge in [-0.15, -0.1) is 0 Å². The standard InChI is InChI=1S/C28H30N4O2/c1-30-15-12-25(29-30)22-6-2-20(3-7-22)21-4-10-24(11-5-21)27(33)32-18-16-31(17-19-32)26(23-8-9-23)28(34)13-14-28/h2-7,10-12,15,34H,8-9,13-14,16-19H2,1H3. The molecule has 0 radical (unpaired) electrons. The minimum Gasteiger partial charge on any atom is -0.384 e. The number of hydrogen-bond acceptors (Lipinski definition) is 4. The van der Waals surface area contributed by atoms with Crippen LogP contribution in [-0.4, -0.2) is 62.4 Å². The molecule has 3 fully saturated rings. The number of benzene rings is 2. The van der Waals surface area contributed by atoms with Gasteiger partial charge >= 0.3 is 0 Å². The van der Waals surface area contributed by atoms with Gasteiger partial charge in [-0.05, 0) is 60.6 Å². The van der Waals surface area contributed by atoms with Crippen LogP contribution in [0.1, 0.15) is 36.0 Å². The first-order chi connectivity index (χ1) is 16.5. The van der Waals surface area contributed by atoms with Crippen molar-refractivity contribution >= 4 is 5.91 Å². The molecule has 3 aromatic rings. The number of hydrogen-bond donors (Lipinski definition) is 1. The van der Waals surface area contributed by atoms with Gasteiger partial charge < -0.3 is 14.9 Å². The van der Waals surface area contributed by atoms with Crippen molar-refractivity contribution in [1.82, 2.24) is 19.6 Å². The Kier molecular flexibility index (Phi) is 5.06. The van der Waals surface area contributed by atoms with Crippen LogP contribution in [0.5, 0.6) is 0 Å². The fourth-order valence-corrected chi connectivity index (χ4v) is 5.02. The molecule has 2 aliphatic carbocycles. The van der Waals surface area contributed by atoms with Crippen LogP contribution in [0.25, 0.3) is 22.4 Å². The summed E-state index contributed by atoms with van der Waals surface area (Å²) < 4.78 is 1.80. The molecular formula is C28H30N4O2. The number of carbonyl (C=O) groups is 1. The number of allylic oxidation sites excluding steroid dienone is 1. The lowest BCUT2D eigenvalue weighted by Gasteiger charge is -2.39. The summed E-state index contributed by atoms with van der Waals surface area (Å²) >= 11 is 0. The second-order valence-corrected chi connectivity index (χ2v) is 9.79. The molecule has 6 heteroatoms. The Morgan fingerprint density at radius 3 is 1.91 bits per heavy atom. The molecule has 2 aromatic carbocycles. The van der Waals surface area contributed by atoms with Crippen molar-refractivity contribution in [2.45, 2.75) is 31.3 Å². The van der Waals surface area contributed by atoms with Gasteiger partial charge in [-0.1, -0.05) is 36.4 Å². The highest BCUT2D eigenvalue weighted by molar-refractivity contribution is 5.94. The molecule has 0 atom stereocenters. The summed E-state index contributed by atoms with van der Waals surface area (Å²) in [4.78, 5) is 17.4. The lowest BCUT2D eigenvalue weighted by molar-refractivity contribution is 0.0619. The van der Waals surface area contributed by atoms with Gasteiger partial charge in [0.1, 0.15) is 5.60 Å². The highest BCUT2D eigenvalue weighted by atomic mass is 16.3. The molecule has 1 aromatic heterocycles. The van der Waals surface area contributed by atoms with Crippen molar-refractivity contribution in [3.05, 3.63) is 77.6 Å². The van der Waals surface area contributed by atoms with E-state index in [1.807, 2.05) is 48.5 Å². The largest absolute Gasteiger partial charge is 0.384 e. The Balaban J connectivity index is 1.10. The number of piperazine rings is 1. The molecule has 0 bridgehead atoms. The summed E-state index contributed by atoms with van der Waals surface area (Å²) in [5.74, 6) is 0.0856. The van der Waals surface area contributed by atoms with E-state index in [4.69, 9.17) is 0 Å². The van der Waals surface area contributed by atoms with Crippen LogP contribution < -0.4 is 0 Å². The highest BCUT2D eigenvalue weighted by Crippen LogP contribution is 2.49. The van der Waals surface area contributed by atoms with E-state index in [0.717, 1.165) is 66.7 Å². The SMILES string of the molecule is Cn1ccc(-c2ccc(-c3ccc(C(=O)N4CCN(C(=C5CC5)C5(O)CC5)CC4)cc3)cc2)n1. The van der Waals surface area contributed by atoms with Crippen LogP contribution in [0.2, 0.25) is 0 Å². The fraction of sp³-hybridized carbons (Fsp3) is 0.357. The molecular weight excluding hydrogens is 424 g/mol. The van der Waals surface area contributed by atoms with Crippen molar-refractivity contribution in [2.24, 2.45) is 7.05 Å². The Morgan fingerprint density at radius 2 is 1.38 bits per heavy atom. The van der Waals surface area contributed by atoms with E-state index in [2.05, 4.69) is 34.3 Å². The van der Waals surface area contributed by atoms with Crippen LogP contribution >= 0.6 is 0 Å². The van der Waals surface area contributed by atoms with E-state index in [9.17, 15) is 9.90 Å². The van der Waals surface area contributed by atoms with Crippen molar-refractivity contribution in [2.75, 3.05) is 26.2 Å². The number of rotatable bonds is 5. The average Bonchev–Trinajstić information content (AvgIpc) is 3.80. The Hall–Kier alpha value is -3.38. The molecule has 2 saturated carbocycles. The van der Waals surface area contributed by atoms with E-state index >= 15 is 0 Å². The molecule has 0 unspecified atom stereocenters. The van der Waals surface area contributed by atoms with Gasteiger partial charge in [-0.3, -0.25) is 9.48 Å². The third-order valence-electron chi connectivity index (χ3n) is 7.24. The summed E-state index contributed by atoms with van der Waals surface area (Å²) in [7, 11) is 1.92. The second-order valence-electron chi connectivity index (χ2n) is 9.79. The zero-order chi connectivity index (χ0) is 23.3.